The number of hydrogen-bond donors (Lipinski definition) is 1. The first-order valence-electron chi connectivity index (χ1n) is 11.1. The lowest BCUT2D eigenvalue weighted by atomic mass is 10.1. The topological polar surface area (TPSA) is 77.1 Å². The average molecular weight is 427 g/mol. The zero-order chi connectivity index (χ0) is 22.5. The average Bonchev–Trinajstić information content (AvgIpc) is 3.15. The third kappa shape index (κ3) is 4.74. The highest BCUT2D eigenvalue weighted by Gasteiger charge is 2.21. The Labute approximate surface area is 183 Å². The number of imidazole rings is 1. The maximum Gasteiger partial charge on any atom is 0.332 e. The smallest absolute Gasteiger partial charge is 0.332 e. The largest absolute Gasteiger partial charge is 0.343 e. The van der Waals surface area contributed by atoms with E-state index in [1.165, 1.54) is 17.2 Å². The minimum absolute atomic E-state index is 0.297. The highest BCUT2D eigenvalue weighted by Crippen LogP contribution is 2.20. The standard InChI is InChI=1S/C23H34N6O2/c1-6-28(7-2)22-25-20-19(21(30)27(5)23(31)26(20)4)29(22)15-11-14-24-17(3)16-18-12-9-8-10-13-18/h8-10,12-13,17,24H,6-7,11,14-16H2,1-5H3. The zero-order valence-corrected chi connectivity index (χ0v) is 19.3. The van der Waals surface area contributed by atoms with Crippen LogP contribution < -0.4 is 21.5 Å². The van der Waals surface area contributed by atoms with E-state index in [2.05, 4.69) is 55.3 Å². The van der Waals surface area contributed by atoms with Gasteiger partial charge in [-0.1, -0.05) is 30.3 Å². The Balaban J connectivity index is 1.81. The van der Waals surface area contributed by atoms with Gasteiger partial charge >= 0.3 is 5.69 Å². The van der Waals surface area contributed by atoms with Gasteiger partial charge in [-0.25, -0.2) is 4.79 Å². The molecule has 0 fully saturated rings. The molecule has 0 spiro atoms. The van der Waals surface area contributed by atoms with Crippen molar-refractivity contribution in [1.29, 1.82) is 0 Å². The molecule has 2 heterocycles. The first-order valence-corrected chi connectivity index (χ1v) is 11.1. The van der Waals surface area contributed by atoms with Crippen molar-refractivity contribution in [2.24, 2.45) is 14.1 Å². The van der Waals surface area contributed by atoms with Gasteiger partial charge in [0.2, 0.25) is 5.95 Å². The van der Waals surface area contributed by atoms with Crippen molar-refractivity contribution in [2.45, 2.75) is 46.2 Å². The summed E-state index contributed by atoms with van der Waals surface area (Å²) in [5.41, 5.74) is 1.60. The maximum absolute atomic E-state index is 12.9. The van der Waals surface area contributed by atoms with Crippen LogP contribution in [0.4, 0.5) is 5.95 Å². The minimum Gasteiger partial charge on any atom is -0.343 e. The normalized spacial score (nSPS) is 12.4. The van der Waals surface area contributed by atoms with Gasteiger partial charge < -0.3 is 14.8 Å². The monoisotopic (exact) mass is 426 g/mol. The number of benzene rings is 1. The van der Waals surface area contributed by atoms with Crippen LogP contribution in [0.15, 0.2) is 39.9 Å². The SMILES string of the molecule is CCN(CC)c1nc2c(c(=O)n(C)c(=O)n2C)n1CCCNC(C)Cc1ccccc1. The van der Waals surface area contributed by atoms with Crippen molar-refractivity contribution < 1.29 is 0 Å². The van der Waals surface area contributed by atoms with Crippen molar-refractivity contribution in [3.8, 4) is 0 Å². The molecule has 1 unspecified atom stereocenters. The summed E-state index contributed by atoms with van der Waals surface area (Å²) in [6, 6.07) is 10.8. The molecular weight excluding hydrogens is 392 g/mol. The summed E-state index contributed by atoms with van der Waals surface area (Å²) in [5.74, 6) is 0.746. The Kier molecular flexibility index (Phi) is 7.33. The fourth-order valence-corrected chi connectivity index (χ4v) is 4.02. The van der Waals surface area contributed by atoms with Gasteiger partial charge in [-0.05, 0) is 45.7 Å². The molecule has 31 heavy (non-hydrogen) atoms. The Hall–Kier alpha value is -2.87. The summed E-state index contributed by atoms with van der Waals surface area (Å²) < 4.78 is 4.60. The van der Waals surface area contributed by atoms with Crippen molar-refractivity contribution in [3.63, 3.8) is 0 Å². The molecule has 0 aliphatic rings. The quantitative estimate of drug-likeness (QED) is 0.501. The van der Waals surface area contributed by atoms with E-state index in [-0.39, 0.29) is 11.2 Å². The Morgan fingerprint density at radius 1 is 1.06 bits per heavy atom. The number of nitrogens with zero attached hydrogens (tertiary/aromatic N) is 5. The molecular formula is C23H34N6O2. The molecule has 168 valence electrons. The van der Waals surface area contributed by atoms with Crippen LogP contribution in [0.3, 0.4) is 0 Å². The number of aromatic nitrogens is 4. The van der Waals surface area contributed by atoms with E-state index < -0.39 is 0 Å². The highest BCUT2D eigenvalue weighted by molar-refractivity contribution is 5.74. The van der Waals surface area contributed by atoms with E-state index in [0.29, 0.717) is 23.8 Å². The van der Waals surface area contributed by atoms with Gasteiger partial charge in [0, 0.05) is 39.8 Å². The van der Waals surface area contributed by atoms with Gasteiger partial charge in [-0.2, -0.15) is 4.98 Å². The predicted molar refractivity (Wildman–Crippen MR) is 126 cm³/mol. The second kappa shape index (κ2) is 9.96. The summed E-state index contributed by atoms with van der Waals surface area (Å²) >= 11 is 0. The number of aryl methyl sites for hydroxylation is 2. The van der Waals surface area contributed by atoms with Crippen LogP contribution >= 0.6 is 0 Å². The Bertz CT molecular complexity index is 1120. The van der Waals surface area contributed by atoms with E-state index in [4.69, 9.17) is 4.98 Å². The van der Waals surface area contributed by atoms with Gasteiger partial charge in [0.15, 0.2) is 11.2 Å². The number of hydrogen-bond acceptors (Lipinski definition) is 5. The first-order chi connectivity index (χ1) is 14.9. The van der Waals surface area contributed by atoms with E-state index in [1.807, 2.05) is 10.6 Å². The van der Waals surface area contributed by atoms with Crippen LogP contribution in [-0.4, -0.2) is 44.4 Å². The minimum atomic E-state index is -0.357. The van der Waals surface area contributed by atoms with Gasteiger partial charge in [0.25, 0.3) is 5.56 Å². The number of nitrogens with one attached hydrogen (secondary N) is 1. The molecule has 8 heteroatoms. The van der Waals surface area contributed by atoms with Crippen molar-refractivity contribution in [1.82, 2.24) is 24.0 Å². The van der Waals surface area contributed by atoms with E-state index >= 15 is 0 Å². The van der Waals surface area contributed by atoms with Crippen molar-refractivity contribution >= 4 is 17.1 Å². The fourth-order valence-electron chi connectivity index (χ4n) is 4.02. The number of fused-ring (bicyclic) bond motifs is 1. The van der Waals surface area contributed by atoms with Gasteiger partial charge in [-0.15, -0.1) is 0 Å². The molecule has 2 aromatic heterocycles. The summed E-state index contributed by atoms with van der Waals surface area (Å²) in [6.45, 7) is 9.36. The maximum atomic E-state index is 12.9. The fraction of sp³-hybridized carbons (Fsp3) is 0.522. The van der Waals surface area contributed by atoms with Crippen LogP contribution in [0.25, 0.3) is 11.2 Å². The van der Waals surface area contributed by atoms with Crippen LogP contribution in [-0.2, 0) is 27.1 Å². The zero-order valence-electron chi connectivity index (χ0n) is 19.3. The second-order valence-corrected chi connectivity index (χ2v) is 8.01. The van der Waals surface area contributed by atoms with Gasteiger partial charge in [0.1, 0.15) is 0 Å². The lowest BCUT2D eigenvalue weighted by molar-refractivity contribution is 0.511. The lowest BCUT2D eigenvalue weighted by Crippen LogP contribution is -2.37. The van der Waals surface area contributed by atoms with E-state index in [9.17, 15) is 9.59 Å². The Morgan fingerprint density at radius 2 is 1.74 bits per heavy atom. The first kappa shape index (κ1) is 22.8. The summed E-state index contributed by atoms with van der Waals surface area (Å²) in [4.78, 5) is 32.1. The lowest BCUT2D eigenvalue weighted by Gasteiger charge is -2.21. The highest BCUT2D eigenvalue weighted by atomic mass is 16.2. The van der Waals surface area contributed by atoms with Gasteiger partial charge in [-0.3, -0.25) is 13.9 Å². The second-order valence-electron chi connectivity index (χ2n) is 8.01. The van der Waals surface area contributed by atoms with E-state index in [1.54, 1.807) is 7.05 Å². The molecule has 3 aromatic rings. The van der Waals surface area contributed by atoms with Crippen LogP contribution in [0.1, 0.15) is 32.8 Å². The molecule has 1 atom stereocenters. The molecule has 0 amide bonds. The molecule has 8 nitrogen and oxygen atoms in total. The summed E-state index contributed by atoms with van der Waals surface area (Å²) in [7, 11) is 3.19. The predicted octanol–water partition coefficient (Wildman–Crippen LogP) is 1.89. The van der Waals surface area contributed by atoms with Crippen LogP contribution in [0.2, 0.25) is 0 Å². The van der Waals surface area contributed by atoms with E-state index in [0.717, 1.165) is 43.0 Å². The summed E-state index contributed by atoms with van der Waals surface area (Å²) in [6.07, 6.45) is 1.83. The number of rotatable bonds is 10. The molecule has 0 bridgehead atoms. The van der Waals surface area contributed by atoms with Crippen LogP contribution in [0, 0.1) is 0 Å². The molecule has 0 aliphatic carbocycles. The summed E-state index contributed by atoms with van der Waals surface area (Å²) in [5, 5.41) is 3.58. The Morgan fingerprint density at radius 3 is 2.39 bits per heavy atom. The third-order valence-electron chi connectivity index (χ3n) is 5.81. The molecule has 0 radical (unpaired) electrons. The third-order valence-corrected chi connectivity index (χ3v) is 5.81. The molecule has 0 saturated carbocycles. The molecule has 3 rings (SSSR count). The van der Waals surface area contributed by atoms with Crippen molar-refractivity contribution in [2.75, 3.05) is 24.5 Å². The van der Waals surface area contributed by atoms with Crippen LogP contribution in [0.5, 0.6) is 0 Å². The molecule has 1 aromatic carbocycles. The number of anilines is 1. The molecule has 0 aliphatic heterocycles. The van der Waals surface area contributed by atoms with Crippen molar-refractivity contribution in [3.05, 3.63) is 56.7 Å². The molecule has 0 saturated heterocycles. The van der Waals surface area contributed by atoms with Gasteiger partial charge in [0.05, 0.1) is 0 Å². The molecule has 1 N–H and O–H groups in total.